The summed E-state index contributed by atoms with van der Waals surface area (Å²) < 4.78 is 23.9. The number of halogens is 1. The zero-order valence-corrected chi connectivity index (χ0v) is 16.0. The van der Waals surface area contributed by atoms with Crippen molar-refractivity contribution in [1.29, 1.82) is 0 Å². The lowest BCUT2D eigenvalue weighted by molar-refractivity contribution is 0.0515. The maximum atomic E-state index is 13.9. The van der Waals surface area contributed by atoms with Gasteiger partial charge in [-0.15, -0.1) is 0 Å². The summed E-state index contributed by atoms with van der Waals surface area (Å²) in [4.78, 5) is 26.9. The van der Waals surface area contributed by atoms with Gasteiger partial charge in [-0.25, -0.2) is 9.18 Å². The Morgan fingerprint density at radius 1 is 1.39 bits per heavy atom. The van der Waals surface area contributed by atoms with Gasteiger partial charge in [-0.3, -0.25) is 14.8 Å². The smallest absolute Gasteiger partial charge is 0.356 e. The number of aromatic nitrogens is 2. The molecule has 0 radical (unpaired) electrons. The summed E-state index contributed by atoms with van der Waals surface area (Å²) >= 11 is 0. The first kappa shape index (κ1) is 20.0. The van der Waals surface area contributed by atoms with Crippen LogP contribution in [-0.2, 0) is 11.3 Å². The average Bonchev–Trinajstić information content (AvgIpc) is 3.16. The van der Waals surface area contributed by atoms with Crippen molar-refractivity contribution in [2.45, 2.75) is 26.3 Å². The van der Waals surface area contributed by atoms with Crippen molar-refractivity contribution in [1.82, 2.24) is 15.1 Å². The van der Waals surface area contributed by atoms with Gasteiger partial charge in [0.05, 0.1) is 19.9 Å². The molecule has 1 aromatic heterocycles. The maximum Gasteiger partial charge on any atom is 0.356 e. The third kappa shape index (κ3) is 4.39. The van der Waals surface area contributed by atoms with E-state index >= 15 is 0 Å². The van der Waals surface area contributed by atoms with Crippen molar-refractivity contribution in [3.05, 3.63) is 47.0 Å². The number of hydrogen-bond donors (Lipinski definition) is 1. The summed E-state index contributed by atoms with van der Waals surface area (Å²) in [5.74, 6) is -1.16. The van der Waals surface area contributed by atoms with Gasteiger partial charge in [0, 0.05) is 30.1 Å². The molecule has 150 valence electrons. The highest BCUT2D eigenvalue weighted by molar-refractivity contribution is 5.98. The summed E-state index contributed by atoms with van der Waals surface area (Å²) in [5, 5.41) is 6.63. The molecule has 0 aliphatic carbocycles. The van der Waals surface area contributed by atoms with E-state index in [0.717, 1.165) is 24.9 Å². The Labute approximate surface area is 162 Å². The minimum atomic E-state index is -0.543. The van der Waals surface area contributed by atoms with Gasteiger partial charge >= 0.3 is 5.97 Å². The minimum Gasteiger partial charge on any atom is -0.494 e. The van der Waals surface area contributed by atoms with E-state index in [2.05, 4.69) is 15.1 Å². The number of ketones is 1. The molecule has 28 heavy (non-hydrogen) atoms. The lowest BCUT2D eigenvalue weighted by Crippen LogP contribution is -2.38. The number of carbonyl (C=O) groups is 2. The van der Waals surface area contributed by atoms with Gasteiger partial charge in [-0.05, 0) is 44.5 Å². The van der Waals surface area contributed by atoms with E-state index in [4.69, 9.17) is 9.47 Å². The Balaban J connectivity index is 1.68. The molecule has 0 spiro atoms. The van der Waals surface area contributed by atoms with Crippen molar-refractivity contribution < 1.29 is 23.5 Å². The van der Waals surface area contributed by atoms with Crippen LogP contribution in [0.25, 0.3) is 0 Å². The second-order valence-corrected chi connectivity index (χ2v) is 6.78. The van der Waals surface area contributed by atoms with Crippen molar-refractivity contribution in [2.75, 3.05) is 26.8 Å². The number of hydrogen-bond acceptors (Lipinski definition) is 6. The number of nitrogens with one attached hydrogen (secondary N) is 1. The monoisotopic (exact) mass is 389 g/mol. The van der Waals surface area contributed by atoms with Crippen LogP contribution in [0.2, 0.25) is 0 Å². The third-order valence-electron chi connectivity index (χ3n) is 4.90. The van der Waals surface area contributed by atoms with E-state index in [1.807, 2.05) is 0 Å². The van der Waals surface area contributed by atoms with Crippen LogP contribution in [0.1, 0.15) is 46.2 Å². The number of Topliss-reactive ketones (excluding diaryl/α,β-unsaturated/α-hetero) is 1. The molecule has 0 saturated carbocycles. The Morgan fingerprint density at radius 2 is 2.21 bits per heavy atom. The standard InChI is InChI=1S/C20H24FN3O4/c1-3-28-20(26)18-15(10-22-23-18)12-24-8-4-5-14(11-24)19(25)13-6-7-17(27-2)16(21)9-13/h6-7,9-10,14H,3-5,8,11-12H2,1-2H3,(H,22,23). The molecule has 1 N–H and O–H groups in total. The predicted octanol–water partition coefficient (Wildman–Crippen LogP) is 2.83. The van der Waals surface area contributed by atoms with Crippen molar-refractivity contribution in [3.8, 4) is 5.75 Å². The second-order valence-electron chi connectivity index (χ2n) is 6.78. The van der Waals surface area contributed by atoms with Crippen molar-refractivity contribution >= 4 is 11.8 Å². The summed E-state index contributed by atoms with van der Waals surface area (Å²) in [6, 6.07) is 4.30. The number of nitrogens with zero attached hydrogens (tertiary/aromatic N) is 2. The molecule has 1 aliphatic heterocycles. The molecule has 0 bridgehead atoms. The summed E-state index contributed by atoms with van der Waals surface area (Å²) in [6.07, 6.45) is 3.21. The number of H-pyrrole nitrogens is 1. The van der Waals surface area contributed by atoms with Crippen LogP contribution in [0.5, 0.6) is 5.75 Å². The molecule has 1 unspecified atom stereocenters. The number of benzene rings is 1. The van der Waals surface area contributed by atoms with Gasteiger partial charge in [0.15, 0.2) is 17.3 Å². The molecule has 3 rings (SSSR count). The van der Waals surface area contributed by atoms with Crippen LogP contribution in [0.15, 0.2) is 24.4 Å². The molecule has 1 atom stereocenters. The molecule has 0 amide bonds. The highest BCUT2D eigenvalue weighted by atomic mass is 19.1. The number of methoxy groups -OCH3 is 1. The molecule has 7 nitrogen and oxygen atoms in total. The highest BCUT2D eigenvalue weighted by Gasteiger charge is 2.28. The average molecular weight is 389 g/mol. The number of piperidine rings is 1. The molecule has 1 aromatic carbocycles. The van der Waals surface area contributed by atoms with E-state index in [0.29, 0.717) is 24.3 Å². The SMILES string of the molecule is CCOC(=O)c1[nH]ncc1CN1CCCC(C(=O)c2ccc(OC)c(F)c2)C1. The Kier molecular flexibility index (Phi) is 6.41. The molecule has 2 aromatic rings. The van der Waals surface area contributed by atoms with Crippen LogP contribution in [-0.4, -0.2) is 53.7 Å². The number of aromatic amines is 1. The lowest BCUT2D eigenvalue weighted by Gasteiger charge is -2.31. The molecule has 1 aliphatic rings. The van der Waals surface area contributed by atoms with Crippen molar-refractivity contribution in [2.24, 2.45) is 5.92 Å². The zero-order valence-electron chi connectivity index (χ0n) is 16.0. The predicted molar refractivity (Wildman–Crippen MR) is 99.8 cm³/mol. The fraction of sp³-hybridized carbons (Fsp3) is 0.450. The fourth-order valence-corrected chi connectivity index (χ4v) is 3.52. The fourth-order valence-electron chi connectivity index (χ4n) is 3.52. The van der Waals surface area contributed by atoms with Crippen LogP contribution in [0, 0.1) is 11.7 Å². The first-order valence-corrected chi connectivity index (χ1v) is 9.33. The van der Waals surface area contributed by atoms with Gasteiger partial charge in [0.1, 0.15) is 5.69 Å². The Bertz CT molecular complexity index is 852. The Morgan fingerprint density at radius 3 is 2.93 bits per heavy atom. The number of rotatable bonds is 7. The first-order valence-electron chi connectivity index (χ1n) is 9.33. The van der Waals surface area contributed by atoms with Crippen LogP contribution >= 0.6 is 0 Å². The molecule has 1 saturated heterocycles. The van der Waals surface area contributed by atoms with E-state index in [1.165, 1.54) is 19.2 Å². The van der Waals surface area contributed by atoms with Crippen LogP contribution < -0.4 is 4.74 Å². The van der Waals surface area contributed by atoms with Gasteiger partial charge in [-0.1, -0.05) is 0 Å². The summed E-state index contributed by atoms with van der Waals surface area (Å²) in [5.41, 5.74) is 1.43. The molecular formula is C20H24FN3O4. The molecule has 2 heterocycles. The number of carbonyl (C=O) groups excluding carboxylic acids is 2. The van der Waals surface area contributed by atoms with E-state index in [-0.39, 0.29) is 24.1 Å². The van der Waals surface area contributed by atoms with E-state index in [1.54, 1.807) is 19.2 Å². The third-order valence-corrected chi connectivity index (χ3v) is 4.90. The van der Waals surface area contributed by atoms with Gasteiger partial charge in [-0.2, -0.15) is 5.10 Å². The molecular weight excluding hydrogens is 365 g/mol. The van der Waals surface area contributed by atoms with Crippen LogP contribution in [0.3, 0.4) is 0 Å². The van der Waals surface area contributed by atoms with Gasteiger partial charge in [0.25, 0.3) is 0 Å². The minimum absolute atomic E-state index is 0.0796. The lowest BCUT2D eigenvalue weighted by atomic mass is 9.89. The molecule has 1 fully saturated rings. The van der Waals surface area contributed by atoms with Crippen LogP contribution in [0.4, 0.5) is 4.39 Å². The number of ether oxygens (including phenoxy) is 2. The normalized spacial score (nSPS) is 17.3. The van der Waals surface area contributed by atoms with E-state index in [9.17, 15) is 14.0 Å². The topological polar surface area (TPSA) is 84.5 Å². The largest absolute Gasteiger partial charge is 0.494 e. The Hall–Kier alpha value is -2.74. The quantitative estimate of drug-likeness (QED) is 0.579. The zero-order chi connectivity index (χ0) is 20.1. The summed E-state index contributed by atoms with van der Waals surface area (Å²) in [7, 11) is 1.39. The van der Waals surface area contributed by atoms with Gasteiger partial charge in [0.2, 0.25) is 0 Å². The van der Waals surface area contributed by atoms with Gasteiger partial charge < -0.3 is 9.47 Å². The van der Waals surface area contributed by atoms with Crippen molar-refractivity contribution in [3.63, 3.8) is 0 Å². The molecule has 8 heteroatoms. The highest BCUT2D eigenvalue weighted by Crippen LogP contribution is 2.25. The second kappa shape index (κ2) is 8.97. The number of esters is 1. The van der Waals surface area contributed by atoms with E-state index < -0.39 is 11.8 Å². The maximum absolute atomic E-state index is 13.9. The number of likely N-dealkylation sites (tertiary alicyclic amines) is 1. The first-order chi connectivity index (χ1) is 13.5. The summed E-state index contributed by atoms with van der Waals surface area (Å²) in [6.45, 7) is 3.88.